The average Bonchev–Trinajstić information content (AvgIpc) is 2.88. The highest BCUT2D eigenvalue weighted by Crippen LogP contribution is 2.42. The number of aryl methyl sites for hydroxylation is 5. The van der Waals surface area contributed by atoms with Gasteiger partial charge < -0.3 is 13.3 Å². The van der Waals surface area contributed by atoms with E-state index in [0.717, 1.165) is 55.5 Å². The Kier molecular flexibility index (Phi) is 2.42. The van der Waals surface area contributed by atoms with Crippen molar-refractivity contribution < 1.29 is 13.3 Å². The van der Waals surface area contributed by atoms with Gasteiger partial charge in [0.05, 0.1) is 16.2 Å². The molecule has 0 aliphatic carbocycles. The van der Waals surface area contributed by atoms with Crippen LogP contribution in [-0.2, 0) is 0 Å². The zero-order valence-corrected chi connectivity index (χ0v) is 13.2. The lowest BCUT2D eigenvalue weighted by Gasteiger charge is -2.04. The lowest BCUT2D eigenvalue weighted by Crippen LogP contribution is -1.98. The van der Waals surface area contributed by atoms with Gasteiger partial charge in [-0.05, 0) is 40.2 Å². The minimum atomic E-state index is -0.357. The molecule has 112 valence electrons. The van der Waals surface area contributed by atoms with Crippen molar-refractivity contribution in [1.29, 1.82) is 0 Å². The second kappa shape index (κ2) is 4.03. The van der Waals surface area contributed by atoms with Crippen molar-refractivity contribution in [2.45, 2.75) is 34.6 Å². The molecule has 0 unspecified atom stereocenters. The van der Waals surface area contributed by atoms with Crippen LogP contribution in [0.4, 0.5) is 0 Å². The summed E-state index contributed by atoms with van der Waals surface area (Å²) in [6.07, 6.45) is 0. The summed E-state index contributed by atoms with van der Waals surface area (Å²) in [6, 6.07) is 1.50. The summed E-state index contributed by atoms with van der Waals surface area (Å²) in [7, 11) is 0. The van der Waals surface area contributed by atoms with Crippen molar-refractivity contribution in [2.75, 3.05) is 0 Å². The van der Waals surface area contributed by atoms with Crippen molar-refractivity contribution in [1.82, 2.24) is 0 Å². The van der Waals surface area contributed by atoms with Gasteiger partial charge >= 0.3 is 5.63 Å². The quantitative estimate of drug-likeness (QED) is 0.436. The van der Waals surface area contributed by atoms with E-state index in [1.54, 1.807) is 0 Å². The Balaban J connectivity index is 2.52. The highest BCUT2D eigenvalue weighted by molar-refractivity contribution is 6.23. The molecule has 0 atom stereocenters. The van der Waals surface area contributed by atoms with Gasteiger partial charge in [0.25, 0.3) is 0 Å². The zero-order valence-electron chi connectivity index (χ0n) is 13.2. The molecule has 4 nitrogen and oxygen atoms in total. The van der Waals surface area contributed by atoms with E-state index in [-0.39, 0.29) is 5.63 Å². The second-order valence-corrected chi connectivity index (χ2v) is 5.93. The van der Waals surface area contributed by atoms with E-state index in [9.17, 15) is 4.79 Å². The molecule has 0 radical (unpaired) electrons. The summed E-state index contributed by atoms with van der Waals surface area (Å²) in [4.78, 5) is 11.8. The molecule has 4 heteroatoms. The summed E-state index contributed by atoms with van der Waals surface area (Å²) in [5.74, 6) is 1.67. The van der Waals surface area contributed by atoms with Gasteiger partial charge in [-0.1, -0.05) is 0 Å². The van der Waals surface area contributed by atoms with Crippen LogP contribution in [0.2, 0.25) is 0 Å². The molecule has 1 aromatic carbocycles. The van der Waals surface area contributed by atoms with E-state index in [2.05, 4.69) is 0 Å². The minimum absolute atomic E-state index is 0.357. The molecule has 4 rings (SSSR count). The normalized spacial score (nSPS) is 12.0. The van der Waals surface area contributed by atoms with Gasteiger partial charge in [-0.15, -0.1) is 0 Å². The Morgan fingerprint density at radius 3 is 1.68 bits per heavy atom. The Morgan fingerprint density at radius 2 is 1.14 bits per heavy atom. The number of fused-ring (bicyclic) bond motifs is 6. The molecular formula is C18H16O4. The number of furan rings is 2. The van der Waals surface area contributed by atoms with Gasteiger partial charge in [0.15, 0.2) is 5.58 Å². The highest BCUT2D eigenvalue weighted by atomic mass is 16.4. The van der Waals surface area contributed by atoms with Gasteiger partial charge in [-0.3, -0.25) is 0 Å². The van der Waals surface area contributed by atoms with E-state index < -0.39 is 0 Å². The predicted octanol–water partition coefficient (Wildman–Crippen LogP) is 4.83. The van der Waals surface area contributed by atoms with Crippen LogP contribution in [-0.4, -0.2) is 0 Å². The largest absolute Gasteiger partial charge is 0.460 e. The first kappa shape index (κ1) is 13.2. The van der Waals surface area contributed by atoms with E-state index in [0.29, 0.717) is 5.58 Å². The molecule has 0 amide bonds. The van der Waals surface area contributed by atoms with Crippen LogP contribution < -0.4 is 5.63 Å². The lowest BCUT2D eigenvalue weighted by atomic mass is 10.0. The Morgan fingerprint density at radius 1 is 0.682 bits per heavy atom. The fourth-order valence-corrected chi connectivity index (χ4v) is 3.22. The van der Waals surface area contributed by atoms with E-state index in [4.69, 9.17) is 13.3 Å². The van der Waals surface area contributed by atoms with Crippen LogP contribution in [0.15, 0.2) is 24.1 Å². The van der Waals surface area contributed by atoms with Crippen LogP contribution in [0.1, 0.15) is 28.2 Å². The monoisotopic (exact) mass is 296 g/mol. The number of rotatable bonds is 0. The molecule has 0 bridgehead atoms. The van der Waals surface area contributed by atoms with E-state index in [1.165, 1.54) is 6.07 Å². The summed E-state index contributed by atoms with van der Waals surface area (Å²) in [6.45, 7) is 9.76. The minimum Gasteiger partial charge on any atom is -0.460 e. The molecule has 4 aromatic rings. The number of hydrogen-bond donors (Lipinski definition) is 0. The summed E-state index contributed by atoms with van der Waals surface area (Å²) in [5.41, 5.74) is 4.56. The maximum atomic E-state index is 11.8. The van der Waals surface area contributed by atoms with Gasteiger partial charge in [-0.2, -0.15) is 0 Å². The molecule has 3 heterocycles. The smallest absolute Gasteiger partial charge is 0.336 e. The number of benzene rings is 1. The fraction of sp³-hybridized carbons (Fsp3) is 0.278. The SMILES string of the molecule is Cc1oc2c3c(C)cc(=O)oc3c3c(C)c(C)oc3c2c1C. The third-order valence-corrected chi connectivity index (χ3v) is 4.61. The van der Waals surface area contributed by atoms with E-state index >= 15 is 0 Å². The Hall–Kier alpha value is -2.49. The summed E-state index contributed by atoms with van der Waals surface area (Å²) >= 11 is 0. The van der Waals surface area contributed by atoms with Gasteiger partial charge in [-0.25, -0.2) is 4.79 Å². The average molecular weight is 296 g/mol. The Bertz CT molecular complexity index is 1140. The van der Waals surface area contributed by atoms with Gasteiger partial charge in [0.1, 0.15) is 22.7 Å². The molecule has 0 fully saturated rings. The first-order valence-electron chi connectivity index (χ1n) is 7.26. The maximum Gasteiger partial charge on any atom is 0.336 e. The van der Waals surface area contributed by atoms with Crippen LogP contribution >= 0.6 is 0 Å². The van der Waals surface area contributed by atoms with Crippen LogP contribution in [0, 0.1) is 34.6 Å². The van der Waals surface area contributed by atoms with Crippen molar-refractivity contribution in [3.05, 3.63) is 44.7 Å². The van der Waals surface area contributed by atoms with E-state index in [1.807, 2.05) is 34.6 Å². The third-order valence-electron chi connectivity index (χ3n) is 4.61. The Labute approximate surface area is 126 Å². The molecule has 22 heavy (non-hydrogen) atoms. The highest BCUT2D eigenvalue weighted by Gasteiger charge is 2.23. The molecule has 0 saturated carbocycles. The van der Waals surface area contributed by atoms with Crippen molar-refractivity contribution in [3.8, 4) is 0 Å². The van der Waals surface area contributed by atoms with Crippen LogP contribution in [0.3, 0.4) is 0 Å². The third kappa shape index (κ3) is 1.44. The molecule has 3 aromatic heterocycles. The van der Waals surface area contributed by atoms with Gasteiger partial charge in [0.2, 0.25) is 0 Å². The number of hydrogen-bond acceptors (Lipinski definition) is 4. The van der Waals surface area contributed by atoms with Crippen LogP contribution in [0.25, 0.3) is 32.9 Å². The molecule has 0 aliphatic heterocycles. The van der Waals surface area contributed by atoms with Crippen molar-refractivity contribution >= 4 is 32.9 Å². The fourth-order valence-electron chi connectivity index (χ4n) is 3.22. The molecular weight excluding hydrogens is 280 g/mol. The first-order chi connectivity index (χ1) is 10.4. The molecule has 0 N–H and O–H groups in total. The van der Waals surface area contributed by atoms with Crippen LogP contribution in [0.5, 0.6) is 0 Å². The van der Waals surface area contributed by atoms with Crippen molar-refractivity contribution in [3.63, 3.8) is 0 Å². The zero-order chi connectivity index (χ0) is 15.8. The lowest BCUT2D eigenvalue weighted by molar-refractivity contribution is 0.557. The predicted molar refractivity (Wildman–Crippen MR) is 85.7 cm³/mol. The second-order valence-electron chi connectivity index (χ2n) is 5.93. The standard InChI is InChI=1S/C18H16O4/c1-7-6-12(19)22-17-13(7)16-14(8(2)10(4)20-16)18-15(17)9(3)11(5)21-18/h6H,1-5H3. The van der Waals surface area contributed by atoms with Gasteiger partial charge in [0, 0.05) is 17.2 Å². The summed E-state index contributed by atoms with van der Waals surface area (Å²) < 4.78 is 17.5. The maximum absolute atomic E-state index is 11.8. The molecule has 0 aliphatic rings. The molecule has 0 spiro atoms. The summed E-state index contributed by atoms with van der Waals surface area (Å²) in [5, 5.41) is 2.68. The first-order valence-corrected chi connectivity index (χ1v) is 7.26. The topological polar surface area (TPSA) is 56.5 Å². The van der Waals surface area contributed by atoms with Crippen molar-refractivity contribution in [2.24, 2.45) is 0 Å². The molecule has 0 saturated heterocycles.